The summed E-state index contributed by atoms with van der Waals surface area (Å²) in [6.07, 6.45) is 78.2. The molecular formula is C67H129NO5. The minimum absolute atomic E-state index is 0.0178. The van der Waals surface area contributed by atoms with Gasteiger partial charge in [-0.1, -0.05) is 321 Å². The van der Waals surface area contributed by atoms with Crippen molar-refractivity contribution in [2.45, 2.75) is 379 Å². The summed E-state index contributed by atoms with van der Waals surface area (Å²) in [5.41, 5.74) is 0. The number of carbonyl (C=O) groups excluding carboxylic acids is 2. The Hall–Kier alpha value is -1.66. The second-order valence-corrected chi connectivity index (χ2v) is 22.8. The first-order valence-electron chi connectivity index (χ1n) is 33.1. The molecule has 0 spiro atoms. The topological polar surface area (TPSA) is 95.9 Å². The molecule has 2 unspecified atom stereocenters. The number of amides is 1. The van der Waals surface area contributed by atoms with Crippen LogP contribution >= 0.6 is 0 Å². The van der Waals surface area contributed by atoms with Gasteiger partial charge in [0.25, 0.3) is 0 Å². The second-order valence-electron chi connectivity index (χ2n) is 22.8. The molecule has 0 saturated carbocycles. The van der Waals surface area contributed by atoms with E-state index in [4.69, 9.17) is 4.74 Å². The van der Waals surface area contributed by atoms with E-state index in [1.54, 1.807) is 6.08 Å². The molecule has 0 aromatic rings. The van der Waals surface area contributed by atoms with Gasteiger partial charge in [-0.25, -0.2) is 0 Å². The van der Waals surface area contributed by atoms with Gasteiger partial charge >= 0.3 is 5.97 Å². The molecule has 2 atom stereocenters. The summed E-state index contributed by atoms with van der Waals surface area (Å²) in [5, 5.41) is 23.1. The van der Waals surface area contributed by atoms with Gasteiger partial charge in [0.05, 0.1) is 25.4 Å². The Morgan fingerprint density at radius 2 is 0.644 bits per heavy atom. The fraction of sp³-hybridized carbons (Fsp3) is 0.910. The van der Waals surface area contributed by atoms with Gasteiger partial charge in [-0.05, 0) is 57.8 Å². The van der Waals surface area contributed by atoms with Crippen molar-refractivity contribution < 1.29 is 24.5 Å². The number of hydrogen-bond acceptors (Lipinski definition) is 5. The predicted molar refractivity (Wildman–Crippen MR) is 320 cm³/mol. The first kappa shape index (κ1) is 71.3. The Balaban J connectivity index is 3.37. The van der Waals surface area contributed by atoms with E-state index in [0.29, 0.717) is 19.4 Å². The summed E-state index contributed by atoms with van der Waals surface area (Å²) < 4.78 is 5.48. The maximum Gasteiger partial charge on any atom is 0.305 e. The predicted octanol–water partition coefficient (Wildman–Crippen LogP) is 21.0. The van der Waals surface area contributed by atoms with E-state index < -0.39 is 12.1 Å². The average Bonchev–Trinajstić information content (AvgIpc) is 3.39. The maximum atomic E-state index is 12.5. The minimum Gasteiger partial charge on any atom is -0.466 e. The zero-order valence-electron chi connectivity index (χ0n) is 49.4. The van der Waals surface area contributed by atoms with Crippen molar-refractivity contribution in [3.05, 3.63) is 24.3 Å². The number of esters is 1. The van der Waals surface area contributed by atoms with Crippen LogP contribution < -0.4 is 5.32 Å². The van der Waals surface area contributed by atoms with E-state index >= 15 is 0 Å². The fourth-order valence-electron chi connectivity index (χ4n) is 10.4. The van der Waals surface area contributed by atoms with E-state index in [1.165, 1.54) is 302 Å². The monoisotopic (exact) mass is 1030 g/mol. The summed E-state index contributed by atoms with van der Waals surface area (Å²) in [5.74, 6) is -0.0469. The molecule has 0 aliphatic heterocycles. The lowest BCUT2D eigenvalue weighted by molar-refractivity contribution is -0.143. The highest BCUT2D eigenvalue weighted by molar-refractivity contribution is 5.76. The summed E-state index contributed by atoms with van der Waals surface area (Å²) >= 11 is 0. The first-order valence-corrected chi connectivity index (χ1v) is 33.1. The van der Waals surface area contributed by atoms with Crippen LogP contribution in [0.1, 0.15) is 367 Å². The minimum atomic E-state index is -0.842. The van der Waals surface area contributed by atoms with Crippen molar-refractivity contribution in [1.82, 2.24) is 5.32 Å². The summed E-state index contributed by atoms with van der Waals surface area (Å²) in [6, 6.07) is -0.626. The number of aliphatic hydroxyl groups is 2. The molecule has 0 fully saturated rings. The Morgan fingerprint density at radius 3 is 0.973 bits per heavy atom. The van der Waals surface area contributed by atoms with Crippen molar-refractivity contribution in [2.75, 3.05) is 13.2 Å². The Kier molecular flexibility index (Phi) is 61.4. The first-order chi connectivity index (χ1) is 36.0. The highest BCUT2D eigenvalue weighted by Gasteiger charge is 2.18. The highest BCUT2D eigenvalue weighted by atomic mass is 16.5. The number of ether oxygens (including phenoxy) is 1. The highest BCUT2D eigenvalue weighted by Crippen LogP contribution is 2.18. The van der Waals surface area contributed by atoms with Gasteiger partial charge in [0.15, 0.2) is 0 Å². The number of unbranched alkanes of at least 4 members (excludes halogenated alkanes) is 49. The van der Waals surface area contributed by atoms with Crippen molar-refractivity contribution in [2.24, 2.45) is 0 Å². The van der Waals surface area contributed by atoms with Crippen LogP contribution in [0.5, 0.6) is 0 Å². The van der Waals surface area contributed by atoms with Gasteiger partial charge in [0, 0.05) is 12.8 Å². The summed E-state index contributed by atoms with van der Waals surface area (Å²) in [6.45, 7) is 4.93. The number of aliphatic hydroxyl groups excluding tert-OH is 2. The van der Waals surface area contributed by atoms with Gasteiger partial charge in [-0.3, -0.25) is 9.59 Å². The Bertz CT molecular complexity index is 1140. The molecule has 0 aliphatic carbocycles. The average molecular weight is 1030 g/mol. The molecule has 0 aliphatic rings. The van der Waals surface area contributed by atoms with Gasteiger partial charge in [-0.15, -0.1) is 0 Å². The number of allylic oxidation sites excluding steroid dienone is 3. The molecule has 73 heavy (non-hydrogen) atoms. The lowest BCUT2D eigenvalue weighted by Crippen LogP contribution is -2.45. The summed E-state index contributed by atoms with van der Waals surface area (Å²) in [4.78, 5) is 24.5. The third-order valence-electron chi connectivity index (χ3n) is 15.5. The molecule has 3 N–H and O–H groups in total. The zero-order chi connectivity index (χ0) is 52.9. The van der Waals surface area contributed by atoms with Crippen LogP contribution in [0.2, 0.25) is 0 Å². The van der Waals surface area contributed by atoms with Crippen LogP contribution in [0, 0.1) is 0 Å². The normalized spacial score (nSPS) is 12.7. The maximum absolute atomic E-state index is 12.5. The molecule has 0 rings (SSSR count). The van der Waals surface area contributed by atoms with Crippen LogP contribution in [0.4, 0.5) is 0 Å². The Labute approximate surface area is 456 Å². The van der Waals surface area contributed by atoms with Gasteiger partial charge in [0.2, 0.25) is 5.91 Å². The zero-order valence-corrected chi connectivity index (χ0v) is 49.4. The SMILES string of the molecule is CCCCCCCCCCCCCC/C=C/C(O)C(CO)NC(=O)CCCCCCCCCCCCCCCC/C=C\CCCCCCCCCCCCCCOC(=O)CCCCCCCCCCCCCC. The Morgan fingerprint density at radius 1 is 0.370 bits per heavy atom. The lowest BCUT2D eigenvalue weighted by atomic mass is 10.0. The molecule has 0 aromatic carbocycles. The number of hydrogen-bond donors (Lipinski definition) is 3. The van der Waals surface area contributed by atoms with E-state index in [2.05, 4.69) is 31.3 Å². The van der Waals surface area contributed by atoms with Crippen molar-refractivity contribution >= 4 is 11.9 Å². The quantitative estimate of drug-likeness (QED) is 0.0320. The second kappa shape index (κ2) is 62.9. The molecule has 6 nitrogen and oxygen atoms in total. The van der Waals surface area contributed by atoms with Crippen molar-refractivity contribution in [3.8, 4) is 0 Å². The standard InChI is InChI=1S/C67H129NO5/c1-3-5-7-9-11-13-15-17-36-39-43-47-51-55-59-65(70)64(63-69)68-66(71)60-56-52-48-44-40-37-34-32-30-28-26-24-22-20-18-19-21-23-25-27-29-31-33-35-38-42-46-50-54-58-62-73-67(72)61-57-53-49-45-41-16-14-12-10-8-6-4-2/h19,21,55,59,64-65,69-70H,3-18,20,22-54,56-58,60-63H2,1-2H3,(H,68,71)/b21-19-,59-55+. The van der Waals surface area contributed by atoms with Crippen LogP contribution in [-0.2, 0) is 14.3 Å². The van der Waals surface area contributed by atoms with Crippen LogP contribution in [0.15, 0.2) is 24.3 Å². The molecule has 1 amide bonds. The molecule has 0 heterocycles. The third-order valence-corrected chi connectivity index (χ3v) is 15.5. The lowest BCUT2D eigenvalue weighted by Gasteiger charge is -2.20. The van der Waals surface area contributed by atoms with E-state index in [-0.39, 0.29) is 18.5 Å². The molecule has 432 valence electrons. The van der Waals surface area contributed by atoms with Crippen LogP contribution in [-0.4, -0.2) is 47.4 Å². The van der Waals surface area contributed by atoms with E-state index in [0.717, 1.165) is 38.5 Å². The largest absolute Gasteiger partial charge is 0.466 e. The number of carbonyl (C=O) groups is 2. The smallest absolute Gasteiger partial charge is 0.305 e. The molecule has 6 heteroatoms. The van der Waals surface area contributed by atoms with Crippen molar-refractivity contribution in [3.63, 3.8) is 0 Å². The number of nitrogens with one attached hydrogen (secondary N) is 1. The molecular weight excluding hydrogens is 899 g/mol. The molecule has 0 aromatic heterocycles. The summed E-state index contributed by atoms with van der Waals surface area (Å²) in [7, 11) is 0. The van der Waals surface area contributed by atoms with Gasteiger partial charge in [-0.2, -0.15) is 0 Å². The third kappa shape index (κ3) is 59.4. The molecule has 0 radical (unpaired) electrons. The van der Waals surface area contributed by atoms with E-state index in [9.17, 15) is 19.8 Å². The van der Waals surface area contributed by atoms with Crippen LogP contribution in [0.25, 0.3) is 0 Å². The fourth-order valence-corrected chi connectivity index (χ4v) is 10.4. The molecule has 0 bridgehead atoms. The van der Waals surface area contributed by atoms with Gasteiger partial charge < -0.3 is 20.3 Å². The van der Waals surface area contributed by atoms with E-state index in [1.807, 2.05) is 6.08 Å². The van der Waals surface area contributed by atoms with Crippen LogP contribution in [0.3, 0.4) is 0 Å². The van der Waals surface area contributed by atoms with Crippen molar-refractivity contribution in [1.29, 1.82) is 0 Å². The number of rotatable bonds is 62. The molecule has 0 saturated heterocycles. The van der Waals surface area contributed by atoms with Gasteiger partial charge in [0.1, 0.15) is 0 Å².